The smallest absolute Gasteiger partial charge is 0.416 e. The molecular formula is C20H25F4NO4. The Kier molecular flexibility index (Phi) is 5.59. The molecule has 2 fully saturated rings. The average Bonchev–Trinajstić information content (AvgIpc) is 2.50. The number of carbonyl (C=O) groups excluding carboxylic acids is 1. The number of carbonyl (C=O) groups is 1. The predicted octanol–water partition coefficient (Wildman–Crippen LogP) is 3.92. The number of amides is 1. The Labute approximate surface area is 166 Å². The zero-order valence-electron chi connectivity index (χ0n) is 16.6. The summed E-state index contributed by atoms with van der Waals surface area (Å²) in [6, 6.07) is 1.34. The SMILES string of the molecule is CC(C)(C)OC(=O)N1C2COCC1CC(O)(Cc1cc(F)cc(C(F)(F)F)c1)C2. The second-order valence-corrected chi connectivity index (χ2v) is 8.89. The fourth-order valence-electron chi connectivity index (χ4n) is 4.13. The van der Waals surface area contributed by atoms with Crippen LogP contribution in [0.4, 0.5) is 22.4 Å². The van der Waals surface area contributed by atoms with E-state index in [0.717, 1.165) is 12.1 Å². The number of hydrogen-bond acceptors (Lipinski definition) is 4. The van der Waals surface area contributed by atoms with Gasteiger partial charge in [0.2, 0.25) is 0 Å². The molecule has 29 heavy (non-hydrogen) atoms. The average molecular weight is 419 g/mol. The number of halogens is 4. The van der Waals surface area contributed by atoms with Gasteiger partial charge in [0, 0.05) is 6.42 Å². The van der Waals surface area contributed by atoms with Gasteiger partial charge in [0.15, 0.2) is 0 Å². The van der Waals surface area contributed by atoms with Gasteiger partial charge in [-0.1, -0.05) is 0 Å². The van der Waals surface area contributed by atoms with Crippen molar-refractivity contribution in [2.75, 3.05) is 13.2 Å². The first-order chi connectivity index (χ1) is 13.3. The highest BCUT2D eigenvalue weighted by Gasteiger charge is 2.49. The van der Waals surface area contributed by atoms with Crippen molar-refractivity contribution in [3.63, 3.8) is 0 Å². The van der Waals surface area contributed by atoms with Crippen LogP contribution in [0.5, 0.6) is 0 Å². The fourth-order valence-corrected chi connectivity index (χ4v) is 4.13. The molecule has 0 aromatic heterocycles. The van der Waals surface area contributed by atoms with Gasteiger partial charge in [-0.25, -0.2) is 9.18 Å². The van der Waals surface area contributed by atoms with Crippen molar-refractivity contribution in [2.24, 2.45) is 0 Å². The molecule has 2 bridgehead atoms. The first-order valence-electron chi connectivity index (χ1n) is 9.44. The summed E-state index contributed by atoms with van der Waals surface area (Å²) in [4.78, 5) is 14.1. The number of nitrogens with zero attached hydrogens (tertiary/aromatic N) is 1. The summed E-state index contributed by atoms with van der Waals surface area (Å²) in [7, 11) is 0. The molecule has 1 aromatic rings. The van der Waals surface area contributed by atoms with Crippen LogP contribution < -0.4 is 0 Å². The maximum absolute atomic E-state index is 13.7. The van der Waals surface area contributed by atoms with E-state index in [1.165, 1.54) is 0 Å². The van der Waals surface area contributed by atoms with Crippen molar-refractivity contribution >= 4 is 6.09 Å². The molecule has 2 atom stereocenters. The lowest BCUT2D eigenvalue weighted by molar-refractivity contribution is -0.139. The minimum atomic E-state index is -4.68. The molecule has 2 saturated heterocycles. The van der Waals surface area contributed by atoms with Gasteiger partial charge >= 0.3 is 12.3 Å². The van der Waals surface area contributed by atoms with E-state index in [1.807, 2.05) is 0 Å². The Hall–Kier alpha value is -1.87. The van der Waals surface area contributed by atoms with Gasteiger partial charge in [-0.15, -0.1) is 0 Å². The molecule has 9 heteroatoms. The van der Waals surface area contributed by atoms with Crippen LogP contribution in [-0.2, 0) is 22.1 Å². The first kappa shape index (κ1) is 21.8. The molecule has 2 unspecified atom stereocenters. The van der Waals surface area contributed by atoms with Crippen molar-refractivity contribution in [3.8, 4) is 0 Å². The Morgan fingerprint density at radius 1 is 1.21 bits per heavy atom. The number of alkyl halides is 3. The topological polar surface area (TPSA) is 59.0 Å². The zero-order chi connectivity index (χ0) is 21.6. The molecule has 1 amide bonds. The number of benzene rings is 1. The number of fused-ring (bicyclic) bond motifs is 2. The molecule has 2 aliphatic heterocycles. The van der Waals surface area contributed by atoms with E-state index in [9.17, 15) is 27.5 Å². The highest BCUT2D eigenvalue weighted by atomic mass is 19.4. The lowest BCUT2D eigenvalue weighted by atomic mass is 9.77. The van der Waals surface area contributed by atoms with E-state index >= 15 is 0 Å². The van der Waals surface area contributed by atoms with Gasteiger partial charge in [0.1, 0.15) is 11.4 Å². The predicted molar refractivity (Wildman–Crippen MR) is 95.8 cm³/mol. The third kappa shape index (κ3) is 5.19. The third-order valence-corrected chi connectivity index (χ3v) is 5.06. The van der Waals surface area contributed by atoms with Gasteiger partial charge in [0.05, 0.1) is 36.5 Å². The highest BCUT2D eigenvalue weighted by molar-refractivity contribution is 5.69. The van der Waals surface area contributed by atoms with Crippen molar-refractivity contribution in [1.29, 1.82) is 0 Å². The molecule has 162 valence electrons. The lowest BCUT2D eigenvalue weighted by Crippen LogP contribution is -2.64. The number of hydrogen-bond donors (Lipinski definition) is 1. The van der Waals surface area contributed by atoms with Crippen LogP contribution in [0.1, 0.15) is 44.7 Å². The van der Waals surface area contributed by atoms with Crippen LogP contribution in [0.15, 0.2) is 18.2 Å². The molecule has 1 aromatic carbocycles. The van der Waals surface area contributed by atoms with E-state index in [0.29, 0.717) is 6.07 Å². The van der Waals surface area contributed by atoms with Gasteiger partial charge in [-0.2, -0.15) is 13.2 Å². The summed E-state index contributed by atoms with van der Waals surface area (Å²) in [5.74, 6) is -1.01. The third-order valence-electron chi connectivity index (χ3n) is 5.06. The Balaban J connectivity index is 1.80. The van der Waals surface area contributed by atoms with Crippen LogP contribution in [0, 0.1) is 5.82 Å². The molecule has 2 aliphatic rings. The van der Waals surface area contributed by atoms with Gasteiger partial charge in [0.25, 0.3) is 0 Å². The molecule has 2 heterocycles. The summed E-state index contributed by atoms with van der Waals surface area (Å²) >= 11 is 0. The van der Waals surface area contributed by atoms with Crippen LogP contribution >= 0.6 is 0 Å². The molecule has 3 rings (SSSR count). The van der Waals surface area contributed by atoms with Gasteiger partial charge in [-0.3, -0.25) is 4.90 Å². The second kappa shape index (κ2) is 7.43. The number of rotatable bonds is 2. The molecule has 0 aliphatic carbocycles. The summed E-state index contributed by atoms with van der Waals surface area (Å²) < 4.78 is 63.6. The summed E-state index contributed by atoms with van der Waals surface area (Å²) in [5.41, 5.74) is -3.10. The highest BCUT2D eigenvalue weighted by Crippen LogP contribution is 2.38. The van der Waals surface area contributed by atoms with Gasteiger partial charge in [-0.05, 0) is 57.4 Å². The Morgan fingerprint density at radius 3 is 2.31 bits per heavy atom. The largest absolute Gasteiger partial charge is 0.444 e. The van der Waals surface area contributed by atoms with Crippen LogP contribution in [0.25, 0.3) is 0 Å². The maximum Gasteiger partial charge on any atom is 0.416 e. The molecule has 5 nitrogen and oxygen atoms in total. The number of aliphatic hydroxyl groups is 1. The van der Waals surface area contributed by atoms with E-state index < -0.39 is 46.9 Å². The maximum atomic E-state index is 13.7. The van der Waals surface area contributed by atoms with E-state index in [2.05, 4.69) is 0 Å². The standard InChI is InChI=1S/C20H25F4NO4/c1-18(2,3)29-17(26)25-15-8-19(27,9-16(25)11-28-10-15)7-12-4-13(20(22,23)24)6-14(21)5-12/h4-6,15-16,27H,7-11H2,1-3H3. The Morgan fingerprint density at radius 2 is 1.79 bits per heavy atom. The second-order valence-electron chi connectivity index (χ2n) is 8.89. The quantitative estimate of drug-likeness (QED) is 0.739. The Bertz CT molecular complexity index is 761. The monoisotopic (exact) mass is 419 g/mol. The normalized spacial score (nSPS) is 27.7. The van der Waals surface area contributed by atoms with Crippen molar-refractivity contribution in [3.05, 3.63) is 35.1 Å². The van der Waals surface area contributed by atoms with Crippen molar-refractivity contribution < 1.29 is 36.9 Å². The number of morpholine rings is 1. The molecule has 0 radical (unpaired) electrons. The van der Waals surface area contributed by atoms with E-state index in [4.69, 9.17) is 9.47 Å². The molecule has 0 spiro atoms. The fraction of sp³-hybridized carbons (Fsp3) is 0.650. The van der Waals surface area contributed by atoms with Crippen molar-refractivity contribution in [2.45, 2.75) is 69.5 Å². The molecule has 1 N–H and O–H groups in total. The van der Waals surface area contributed by atoms with Crippen LogP contribution in [0.2, 0.25) is 0 Å². The van der Waals surface area contributed by atoms with Crippen molar-refractivity contribution in [1.82, 2.24) is 4.90 Å². The minimum absolute atomic E-state index is 0.0598. The molecule has 0 saturated carbocycles. The van der Waals surface area contributed by atoms with E-state index in [1.54, 1.807) is 25.7 Å². The summed E-state index contributed by atoms with van der Waals surface area (Å²) in [5, 5.41) is 11.1. The molecular weight excluding hydrogens is 394 g/mol. The minimum Gasteiger partial charge on any atom is -0.444 e. The first-order valence-corrected chi connectivity index (χ1v) is 9.44. The number of piperidine rings is 1. The summed E-state index contributed by atoms with van der Waals surface area (Å²) in [6.45, 7) is 5.63. The van der Waals surface area contributed by atoms with Crippen LogP contribution in [-0.4, -0.2) is 52.6 Å². The van der Waals surface area contributed by atoms with E-state index in [-0.39, 0.29) is 38.0 Å². The number of ether oxygens (including phenoxy) is 2. The zero-order valence-corrected chi connectivity index (χ0v) is 16.6. The van der Waals surface area contributed by atoms with Crippen LogP contribution in [0.3, 0.4) is 0 Å². The summed E-state index contributed by atoms with van der Waals surface area (Å²) in [6.07, 6.45) is -5.14. The van der Waals surface area contributed by atoms with Gasteiger partial charge < -0.3 is 14.6 Å². The lowest BCUT2D eigenvalue weighted by Gasteiger charge is -2.51.